The van der Waals surface area contributed by atoms with E-state index >= 15 is 0 Å². The first kappa shape index (κ1) is 16.4. The van der Waals surface area contributed by atoms with Gasteiger partial charge >= 0.3 is 0 Å². The lowest BCUT2D eigenvalue weighted by Gasteiger charge is -2.28. The minimum Gasteiger partial charge on any atom is -0.423 e. The van der Waals surface area contributed by atoms with Crippen molar-refractivity contribution in [2.24, 2.45) is 5.41 Å². The Balaban J connectivity index is 2.39. The minimum absolute atomic E-state index is 0.116. The molecule has 0 atom stereocenters. The Hall–Kier alpha value is -0.643. The predicted octanol–water partition coefficient (Wildman–Crippen LogP) is 3.20. The molecule has 2 nitrogen and oxygen atoms in total. The van der Waals surface area contributed by atoms with Crippen LogP contribution in [0.3, 0.4) is 0 Å². The molecule has 0 aliphatic heterocycles. The third kappa shape index (κ3) is 6.90. The summed E-state index contributed by atoms with van der Waals surface area (Å²) < 4.78 is 11.3. The Morgan fingerprint density at radius 2 is 1.63 bits per heavy atom. The molecule has 0 bridgehead atoms. The van der Waals surface area contributed by atoms with Crippen LogP contribution in [0.5, 0.6) is 0 Å². The monoisotopic (exact) mass is 280 g/mol. The van der Waals surface area contributed by atoms with E-state index in [0.717, 1.165) is 19.6 Å². The van der Waals surface area contributed by atoms with Gasteiger partial charge in [-0.1, -0.05) is 58.0 Å². The van der Waals surface area contributed by atoms with Crippen molar-refractivity contribution in [3.05, 3.63) is 35.9 Å². The first-order valence-electron chi connectivity index (χ1n) is 6.95. The first-order valence-corrected chi connectivity index (χ1v) is 8.24. The molecule has 0 spiro atoms. The molecule has 19 heavy (non-hydrogen) atoms. The predicted molar refractivity (Wildman–Crippen MR) is 84.3 cm³/mol. The molecule has 3 heteroatoms. The summed E-state index contributed by atoms with van der Waals surface area (Å²) in [6.45, 7) is 10.6. The van der Waals surface area contributed by atoms with E-state index in [4.69, 9.17) is 9.16 Å². The fourth-order valence-corrected chi connectivity index (χ4v) is 3.83. The Morgan fingerprint density at radius 3 is 2.21 bits per heavy atom. The number of ether oxygens (including phenoxy) is 1. The number of hydrogen-bond acceptors (Lipinski definition) is 2. The van der Waals surface area contributed by atoms with Crippen LogP contribution < -0.4 is 0 Å². The largest absolute Gasteiger partial charge is 0.423 e. The lowest BCUT2D eigenvalue weighted by molar-refractivity contribution is 0.0642. The van der Waals surface area contributed by atoms with Crippen LogP contribution in [0.2, 0.25) is 5.04 Å². The van der Waals surface area contributed by atoms with Crippen LogP contribution in [0, 0.1) is 5.41 Å². The van der Waals surface area contributed by atoms with Crippen molar-refractivity contribution < 1.29 is 9.16 Å². The van der Waals surface area contributed by atoms with E-state index in [0.29, 0.717) is 5.04 Å². The first-order chi connectivity index (χ1) is 8.85. The molecular weight excluding hydrogens is 252 g/mol. The molecule has 0 radical (unpaired) electrons. The zero-order valence-corrected chi connectivity index (χ0v) is 14.4. The summed E-state index contributed by atoms with van der Waals surface area (Å²) in [4.78, 5) is 0. The maximum Gasteiger partial charge on any atom is 0.167 e. The number of hydrogen-bond donors (Lipinski definition) is 0. The second-order valence-corrected chi connectivity index (χ2v) is 9.53. The molecule has 0 unspecified atom stereocenters. The fraction of sp³-hybridized carbons (Fsp3) is 0.625. The van der Waals surface area contributed by atoms with E-state index in [1.807, 2.05) is 0 Å². The lowest BCUT2D eigenvalue weighted by Crippen LogP contribution is -2.28. The maximum atomic E-state index is 6.05. The lowest BCUT2D eigenvalue weighted by atomic mass is 9.97. The van der Waals surface area contributed by atoms with E-state index in [-0.39, 0.29) is 5.41 Å². The molecule has 1 aromatic rings. The molecule has 0 fully saturated rings. The smallest absolute Gasteiger partial charge is 0.167 e. The summed E-state index contributed by atoms with van der Waals surface area (Å²) in [5, 5.41) is 0.296. The molecule has 1 aromatic carbocycles. The molecular formula is C16H28O2Si. The van der Waals surface area contributed by atoms with Gasteiger partial charge in [-0.2, -0.15) is 0 Å². The van der Waals surface area contributed by atoms with Gasteiger partial charge in [-0.25, -0.2) is 0 Å². The summed E-state index contributed by atoms with van der Waals surface area (Å²) in [6, 6.07) is 10.7. The van der Waals surface area contributed by atoms with Crippen molar-refractivity contribution in [2.45, 2.75) is 39.2 Å². The van der Waals surface area contributed by atoms with Gasteiger partial charge in [-0.05, 0) is 17.0 Å². The van der Waals surface area contributed by atoms with Gasteiger partial charge in [0.1, 0.15) is 0 Å². The second-order valence-electron chi connectivity index (χ2n) is 6.92. The molecule has 1 rings (SSSR count). The van der Waals surface area contributed by atoms with Gasteiger partial charge in [0, 0.05) is 19.1 Å². The summed E-state index contributed by atoms with van der Waals surface area (Å²) in [7, 11) is 1.19. The molecule has 0 heterocycles. The van der Waals surface area contributed by atoms with E-state index < -0.39 is 9.76 Å². The van der Waals surface area contributed by atoms with Gasteiger partial charge in [0.15, 0.2) is 9.76 Å². The molecule has 0 aliphatic carbocycles. The average Bonchev–Trinajstić information content (AvgIpc) is 2.28. The van der Waals surface area contributed by atoms with Crippen LogP contribution in [0.4, 0.5) is 0 Å². The van der Waals surface area contributed by atoms with Crippen molar-refractivity contribution in [1.29, 1.82) is 0 Å². The summed E-state index contributed by atoms with van der Waals surface area (Å²) in [5.41, 5.74) is 1.52. The van der Waals surface area contributed by atoms with Gasteiger partial charge in [0.05, 0.1) is 6.61 Å². The quantitative estimate of drug-likeness (QED) is 0.681. The van der Waals surface area contributed by atoms with E-state index in [1.54, 1.807) is 7.11 Å². The van der Waals surface area contributed by atoms with Gasteiger partial charge in [0.2, 0.25) is 0 Å². The van der Waals surface area contributed by atoms with Gasteiger partial charge in [0.25, 0.3) is 0 Å². The third-order valence-corrected chi connectivity index (χ3v) is 4.49. The van der Waals surface area contributed by atoms with Gasteiger partial charge in [-0.15, -0.1) is 0 Å². The Kier molecular flexibility index (Phi) is 6.24. The molecule has 0 amide bonds. The summed E-state index contributed by atoms with van der Waals surface area (Å²) >= 11 is 0. The number of rotatable bonds is 8. The highest BCUT2D eigenvalue weighted by molar-refractivity contribution is 6.32. The normalized spacial score (nSPS) is 13.3. The second kappa shape index (κ2) is 7.22. The highest BCUT2D eigenvalue weighted by Crippen LogP contribution is 2.29. The van der Waals surface area contributed by atoms with Crippen molar-refractivity contribution in [3.8, 4) is 0 Å². The maximum absolute atomic E-state index is 6.05. The number of benzene rings is 1. The van der Waals surface area contributed by atoms with Crippen molar-refractivity contribution in [2.75, 3.05) is 20.3 Å². The topological polar surface area (TPSA) is 18.5 Å². The SMILES string of the molecule is COCC(C)(C)CO[SiH2]C(C)(C)Cc1ccccc1. The highest BCUT2D eigenvalue weighted by atomic mass is 28.2. The van der Waals surface area contributed by atoms with Crippen LogP contribution in [0.1, 0.15) is 33.3 Å². The molecule has 0 saturated carbocycles. The minimum atomic E-state index is -0.557. The standard InChI is InChI=1S/C16H28O2Si/c1-15(2,12-17-5)13-18-19-16(3,4)11-14-9-7-6-8-10-14/h6-10H,11-13,19H2,1-5H3. The van der Waals surface area contributed by atoms with Crippen molar-refractivity contribution in [1.82, 2.24) is 0 Å². The molecule has 0 aromatic heterocycles. The number of methoxy groups -OCH3 is 1. The average molecular weight is 280 g/mol. The van der Waals surface area contributed by atoms with Crippen LogP contribution >= 0.6 is 0 Å². The van der Waals surface area contributed by atoms with E-state index in [2.05, 4.69) is 58.0 Å². The fourth-order valence-electron chi connectivity index (χ4n) is 2.24. The highest BCUT2D eigenvalue weighted by Gasteiger charge is 2.23. The van der Waals surface area contributed by atoms with Gasteiger partial charge < -0.3 is 9.16 Å². The zero-order valence-electron chi connectivity index (χ0n) is 13.0. The Bertz CT molecular complexity index is 360. The Morgan fingerprint density at radius 1 is 1.00 bits per heavy atom. The van der Waals surface area contributed by atoms with Crippen LogP contribution in [0.15, 0.2) is 30.3 Å². The zero-order chi connectivity index (χ0) is 14.4. The van der Waals surface area contributed by atoms with E-state index in [9.17, 15) is 0 Å². The third-order valence-electron chi connectivity index (χ3n) is 3.05. The van der Waals surface area contributed by atoms with Crippen LogP contribution in [-0.2, 0) is 15.6 Å². The Labute approximate surface area is 120 Å². The molecule has 0 aliphatic rings. The van der Waals surface area contributed by atoms with E-state index in [1.165, 1.54) is 5.56 Å². The van der Waals surface area contributed by atoms with Crippen molar-refractivity contribution >= 4 is 9.76 Å². The van der Waals surface area contributed by atoms with Crippen molar-refractivity contribution in [3.63, 3.8) is 0 Å². The van der Waals surface area contributed by atoms with Crippen LogP contribution in [0.25, 0.3) is 0 Å². The summed E-state index contributed by atoms with van der Waals surface area (Å²) in [5.74, 6) is 0. The molecule has 0 saturated heterocycles. The molecule has 108 valence electrons. The van der Waals surface area contributed by atoms with Gasteiger partial charge in [-0.3, -0.25) is 0 Å². The summed E-state index contributed by atoms with van der Waals surface area (Å²) in [6.07, 6.45) is 1.10. The molecule has 0 N–H and O–H groups in total. The van der Waals surface area contributed by atoms with Crippen LogP contribution in [-0.4, -0.2) is 30.1 Å².